The monoisotopic (exact) mass is 426 g/mol. The van der Waals surface area contributed by atoms with Crippen LogP contribution < -0.4 is 10.1 Å². The highest BCUT2D eigenvalue weighted by Crippen LogP contribution is 2.25. The molecule has 31 heavy (non-hydrogen) atoms. The van der Waals surface area contributed by atoms with E-state index < -0.39 is 6.04 Å². The van der Waals surface area contributed by atoms with Crippen molar-refractivity contribution in [1.29, 1.82) is 0 Å². The van der Waals surface area contributed by atoms with Crippen LogP contribution in [0.15, 0.2) is 54.6 Å². The minimum absolute atomic E-state index is 0.0448. The van der Waals surface area contributed by atoms with Gasteiger partial charge < -0.3 is 19.7 Å². The molecular weight excluding hydrogens is 392 g/mol. The highest BCUT2D eigenvalue weighted by Gasteiger charge is 2.30. The van der Waals surface area contributed by atoms with E-state index in [1.165, 1.54) is 0 Å². The van der Waals surface area contributed by atoms with Crippen LogP contribution in [0, 0.1) is 0 Å². The van der Waals surface area contributed by atoms with Crippen LogP contribution in [0.25, 0.3) is 0 Å². The summed E-state index contributed by atoms with van der Waals surface area (Å²) in [6, 6.07) is 16.3. The Balaban J connectivity index is 2.28. The second-order valence-corrected chi connectivity index (χ2v) is 7.27. The van der Waals surface area contributed by atoms with Gasteiger partial charge in [-0.1, -0.05) is 49.4 Å². The summed E-state index contributed by atoms with van der Waals surface area (Å²) in [6.45, 7) is 6.00. The number of methoxy groups -OCH3 is 1. The maximum Gasteiger partial charge on any atom is 0.247 e. The second kappa shape index (κ2) is 13.4. The standard InChI is InChI=1S/C25H34N2O4/c1-4-10-23(28)27(19-20-13-15-22(30-3)16-14-20)24(21-11-7-6-8-12-21)25(29)26-17-9-18-31-5-2/h6-8,11-16,24H,4-5,9-10,17-19H2,1-3H3,(H,26,29)/t24-/m0/s1. The van der Waals surface area contributed by atoms with Gasteiger partial charge in [-0.15, -0.1) is 0 Å². The van der Waals surface area contributed by atoms with Crippen molar-refractivity contribution in [2.75, 3.05) is 26.9 Å². The molecule has 0 saturated carbocycles. The fourth-order valence-corrected chi connectivity index (χ4v) is 3.34. The van der Waals surface area contributed by atoms with E-state index in [0.29, 0.717) is 32.7 Å². The van der Waals surface area contributed by atoms with Crippen molar-refractivity contribution in [2.45, 2.75) is 45.7 Å². The van der Waals surface area contributed by atoms with Gasteiger partial charge in [0, 0.05) is 32.7 Å². The van der Waals surface area contributed by atoms with Gasteiger partial charge in [0.15, 0.2) is 0 Å². The van der Waals surface area contributed by atoms with Crippen molar-refractivity contribution in [1.82, 2.24) is 10.2 Å². The van der Waals surface area contributed by atoms with Crippen molar-refractivity contribution in [2.24, 2.45) is 0 Å². The van der Waals surface area contributed by atoms with E-state index in [2.05, 4.69) is 5.32 Å². The quantitative estimate of drug-likeness (QED) is 0.490. The molecule has 0 aliphatic rings. The number of benzene rings is 2. The Bertz CT molecular complexity index is 793. The van der Waals surface area contributed by atoms with E-state index in [9.17, 15) is 9.59 Å². The summed E-state index contributed by atoms with van der Waals surface area (Å²) >= 11 is 0. The summed E-state index contributed by atoms with van der Waals surface area (Å²) in [5, 5.41) is 2.99. The molecule has 0 fully saturated rings. The summed E-state index contributed by atoms with van der Waals surface area (Å²) in [5.41, 5.74) is 1.73. The van der Waals surface area contributed by atoms with Gasteiger partial charge >= 0.3 is 0 Å². The molecule has 6 nitrogen and oxygen atoms in total. The third-order valence-corrected chi connectivity index (χ3v) is 4.94. The van der Waals surface area contributed by atoms with Gasteiger partial charge in [0.2, 0.25) is 11.8 Å². The Morgan fingerprint density at radius 1 is 1.03 bits per heavy atom. The van der Waals surface area contributed by atoms with Crippen molar-refractivity contribution >= 4 is 11.8 Å². The number of amides is 2. The molecule has 2 amide bonds. The average molecular weight is 427 g/mol. The Kier molecular flexibility index (Phi) is 10.6. The fourth-order valence-electron chi connectivity index (χ4n) is 3.34. The molecule has 168 valence electrons. The zero-order chi connectivity index (χ0) is 22.5. The molecule has 0 bridgehead atoms. The van der Waals surface area contributed by atoms with Crippen LogP contribution in [-0.2, 0) is 20.9 Å². The minimum Gasteiger partial charge on any atom is -0.497 e. The van der Waals surface area contributed by atoms with Gasteiger partial charge in [0.1, 0.15) is 11.8 Å². The number of carbonyl (C=O) groups is 2. The van der Waals surface area contributed by atoms with E-state index >= 15 is 0 Å². The van der Waals surface area contributed by atoms with E-state index in [1.54, 1.807) is 12.0 Å². The summed E-state index contributed by atoms with van der Waals surface area (Å²) < 4.78 is 10.6. The van der Waals surface area contributed by atoms with Crippen molar-refractivity contribution < 1.29 is 19.1 Å². The van der Waals surface area contributed by atoms with E-state index in [4.69, 9.17) is 9.47 Å². The molecule has 1 N–H and O–H groups in total. The Labute approximate surface area is 185 Å². The Morgan fingerprint density at radius 2 is 1.74 bits per heavy atom. The highest BCUT2D eigenvalue weighted by atomic mass is 16.5. The lowest BCUT2D eigenvalue weighted by molar-refractivity contribution is -0.141. The van der Waals surface area contributed by atoms with Crippen molar-refractivity contribution in [3.8, 4) is 5.75 Å². The largest absolute Gasteiger partial charge is 0.497 e. The highest BCUT2D eigenvalue weighted by molar-refractivity contribution is 5.88. The van der Waals surface area contributed by atoms with E-state index in [-0.39, 0.29) is 11.8 Å². The van der Waals surface area contributed by atoms with E-state index in [1.807, 2.05) is 68.4 Å². The normalized spacial score (nSPS) is 11.6. The molecule has 0 spiro atoms. The van der Waals surface area contributed by atoms with Gasteiger partial charge in [0.05, 0.1) is 7.11 Å². The Morgan fingerprint density at radius 3 is 2.35 bits per heavy atom. The van der Waals surface area contributed by atoms with Gasteiger partial charge in [-0.2, -0.15) is 0 Å². The molecule has 0 saturated heterocycles. The van der Waals surface area contributed by atoms with Crippen LogP contribution in [0.5, 0.6) is 5.75 Å². The molecule has 0 aliphatic heterocycles. The van der Waals surface area contributed by atoms with Crippen LogP contribution >= 0.6 is 0 Å². The number of ether oxygens (including phenoxy) is 2. The third kappa shape index (κ3) is 7.72. The fraction of sp³-hybridized carbons (Fsp3) is 0.440. The van der Waals surface area contributed by atoms with Crippen molar-refractivity contribution in [3.05, 3.63) is 65.7 Å². The molecule has 6 heteroatoms. The smallest absolute Gasteiger partial charge is 0.247 e. The predicted octanol–water partition coefficient (Wildman–Crippen LogP) is 4.11. The van der Waals surface area contributed by atoms with Gasteiger partial charge in [-0.05, 0) is 43.0 Å². The molecule has 0 radical (unpaired) electrons. The number of hydrogen-bond donors (Lipinski definition) is 1. The average Bonchev–Trinajstić information content (AvgIpc) is 2.80. The topological polar surface area (TPSA) is 67.9 Å². The van der Waals surface area contributed by atoms with Crippen molar-refractivity contribution in [3.63, 3.8) is 0 Å². The summed E-state index contributed by atoms with van der Waals surface area (Å²) in [5.74, 6) is 0.527. The maximum atomic E-state index is 13.3. The molecular formula is C25H34N2O4. The molecule has 0 heterocycles. The SMILES string of the molecule is CCCC(=O)N(Cc1ccc(OC)cc1)[C@H](C(=O)NCCCOCC)c1ccccc1. The molecule has 0 aromatic heterocycles. The maximum absolute atomic E-state index is 13.3. The van der Waals surface area contributed by atoms with Crippen LogP contribution in [0.4, 0.5) is 0 Å². The third-order valence-electron chi connectivity index (χ3n) is 4.94. The molecule has 2 aromatic rings. The first kappa shape index (κ1) is 24.4. The number of nitrogens with zero attached hydrogens (tertiary/aromatic N) is 1. The number of rotatable bonds is 13. The molecule has 0 aliphatic carbocycles. The zero-order valence-electron chi connectivity index (χ0n) is 18.8. The summed E-state index contributed by atoms with van der Waals surface area (Å²) in [7, 11) is 1.62. The number of carbonyl (C=O) groups excluding carboxylic acids is 2. The number of hydrogen-bond acceptors (Lipinski definition) is 4. The number of nitrogens with one attached hydrogen (secondary N) is 1. The second-order valence-electron chi connectivity index (χ2n) is 7.27. The zero-order valence-corrected chi connectivity index (χ0v) is 18.8. The minimum atomic E-state index is -0.700. The van der Waals surface area contributed by atoms with Crippen LogP contribution in [-0.4, -0.2) is 43.6 Å². The van der Waals surface area contributed by atoms with Gasteiger partial charge in [0.25, 0.3) is 0 Å². The predicted molar refractivity (Wildman–Crippen MR) is 122 cm³/mol. The Hall–Kier alpha value is -2.86. The molecule has 1 atom stereocenters. The summed E-state index contributed by atoms with van der Waals surface area (Å²) in [4.78, 5) is 28.0. The lowest BCUT2D eigenvalue weighted by Crippen LogP contribution is -2.43. The van der Waals surface area contributed by atoms with E-state index in [0.717, 1.165) is 29.7 Å². The van der Waals surface area contributed by atoms with Gasteiger partial charge in [-0.25, -0.2) is 0 Å². The lowest BCUT2D eigenvalue weighted by Gasteiger charge is -2.31. The van der Waals surface area contributed by atoms with Gasteiger partial charge in [-0.3, -0.25) is 9.59 Å². The summed E-state index contributed by atoms with van der Waals surface area (Å²) in [6.07, 6.45) is 1.83. The molecule has 2 rings (SSSR count). The van der Waals surface area contributed by atoms with Crippen LogP contribution in [0.2, 0.25) is 0 Å². The van der Waals surface area contributed by atoms with Crippen LogP contribution in [0.1, 0.15) is 50.3 Å². The first-order chi connectivity index (χ1) is 15.1. The van der Waals surface area contributed by atoms with Crippen LogP contribution in [0.3, 0.4) is 0 Å². The first-order valence-corrected chi connectivity index (χ1v) is 10.9. The molecule has 2 aromatic carbocycles. The first-order valence-electron chi connectivity index (χ1n) is 10.9. The molecule has 0 unspecified atom stereocenters. The lowest BCUT2D eigenvalue weighted by atomic mass is 10.0.